The van der Waals surface area contributed by atoms with Gasteiger partial charge >= 0.3 is 6.18 Å². The van der Waals surface area contributed by atoms with Gasteiger partial charge in [0.1, 0.15) is 0 Å². The third kappa shape index (κ3) is 2.89. The number of alkyl halides is 3. The molecule has 2 unspecified atom stereocenters. The molecule has 1 saturated carbocycles. The molecule has 21 heavy (non-hydrogen) atoms. The van der Waals surface area contributed by atoms with Crippen molar-refractivity contribution >= 4 is 5.69 Å². The van der Waals surface area contributed by atoms with E-state index >= 15 is 0 Å². The van der Waals surface area contributed by atoms with Crippen LogP contribution in [0.1, 0.15) is 30.4 Å². The monoisotopic (exact) mass is 298 g/mol. The molecule has 1 heterocycles. The standard InChI is InChI=1S/C16H21F3N2/c17-16(18,19)15-8-14(5-4-11(15)6-7-20)21-9-12-2-1-3-13(12)10-21/h4-5,8,12-13H,1-3,6-7,9-10,20H2. The molecular formula is C16H21F3N2. The average molecular weight is 298 g/mol. The molecule has 1 aromatic carbocycles. The molecule has 2 nitrogen and oxygen atoms in total. The van der Waals surface area contributed by atoms with E-state index in [-0.39, 0.29) is 13.0 Å². The van der Waals surface area contributed by atoms with Crippen LogP contribution in [-0.2, 0) is 12.6 Å². The first-order valence-electron chi connectivity index (χ1n) is 7.64. The summed E-state index contributed by atoms with van der Waals surface area (Å²) in [5.41, 5.74) is 5.90. The number of rotatable bonds is 3. The van der Waals surface area contributed by atoms with Crippen molar-refractivity contribution in [2.24, 2.45) is 17.6 Å². The molecule has 1 aliphatic heterocycles. The van der Waals surface area contributed by atoms with Crippen LogP contribution in [0.3, 0.4) is 0 Å². The van der Waals surface area contributed by atoms with Crippen molar-refractivity contribution in [2.75, 3.05) is 24.5 Å². The number of hydrogen-bond donors (Lipinski definition) is 1. The van der Waals surface area contributed by atoms with Gasteiger partial charge in [-0.3, -0.25) is 0 Å². The van der Waals surface area contributed by atoms with Gasteiger partial charge in [0.15, 0.2) is 0 Å². The lowest BCUT2D eigenvalue weighted by Crippen LogP contribution is -2.22. The number of anilines is 1. The predicted molar refractivity (Wildman–Crippen MR) is 77.2 cm³/mol. The van der Waals surface area contributed by atoms with Crippen LogP contribution in [0.2, 0.25) is 0 Å². The fourth-order valence-electron chi connectivity index (χ4n) is 3.84. The zero-order valence-electron chi connectivity index (χ0n) is 12.0. The van der Waals surface area contributed by atoms with Crippen molar-refractivity contribution in [1.29, 1.82) is 0 Å². The van der Waals surface area contributed by atoms with Crippen LogP contribution < -0.4 is 10.6 Å². The third-order valence-corrected chi connectivity index (χ3v) is 4.90. The smallest absolute Gasteiger partial charge is 0.371 e. The lowest BCUT2D eigenvalue weighted by molar-refractivity contribution is -0.138. The Labute approximate surface area is 123 Å². The summed E-state index contributed by atoms with van der Waals surface area (Å²) >= 11 is 0. The second kappa shape index (κ2) is 5.52. The average Bonchev–Trinajstić information content (AvgIpc) is 2.99. The summed E-state index contributed by atoms with van der Waals surface area (Å²) in [5.74, 6) is 1.34. The van der Waals surface area contributed by atoms with Gasteiger partial charge in [0, 0.05) is 18.8 Å². The Morgan fingerprint density at radius 1 is 1.14 bits per heavy atom. The molecule has 2 atom stereocenters. The van der Waals surface area contributed by atoms with E-state index in [9.17, 15) is 13.2 Å². The van der Waals surface area contributed by atoms with E-state index < -0.39 is 11.7 Å². The van der Waals surface area contributed by atoms with Crippen LogP contribution in [0.4, 0.5) is 18.9 Å². The molecule has 0 aromatic heterocycles. The van der Waals surface area contributed by atoms with Gasteiger partial charge in [0.25, 0.3) is 0 Å². The SMILES string of the molecule is NCCc1ccc(N2CC3CCCC3C2)cc1C(F)(F)F. The highest BCUT2D eigenvalue weighted by Gasteiger charge is 2.38. The first-order chi connectivity index (χ1) is 9.99. The lowest BCUT2D eigenvalue weighted by Gasteiger charge is -2.22. The first-order valence-corrected chi connectivity index (χ1v) is 7.64. The zero-order chi connectivity index (χ0) is 15.0. The highest BCUT2D eigenvalue weighted by atomic mass is 19.4. The highest BCUT2D eigenvalue weighted by molar-refractivity contribution is 5.53. The van der Waals surface area contributed by atoms with Crippen LogP contribution in [0.5, 0.6) is 0 Å². The van der Waals surface area contributed by atoms with Crippen molar-refractivity contribution in [3.63, 3.8) is 0 Å². The van der Waals surface area contributed by atoms with E-state index in [2.05, 4.69) is 4.90 Å². The van der Waals surface area contributed by atoms with Gasteiger partial charge in [-0.05, 0) is 55.3 Å². The fraction of sp³-hybridized carbons (Fsp3) is 0.625. The summed E-state index contributed by atoms with van der Waals surface area (Å²) in [6.07, 6.45) is -0.333. The molecule has 116 valence electrons. The number of halogens is 3. The number of nitrogens with two attached hydrogens (primary N) is 1. The summed E-state index contributed by atoms with van der Waals surface area (Å²) in [5, 5.41) is 0. The maximum absolute atomic E-state index is 13.2. The molecule has 0 spiro atoms. The Hall–Kier alpha value is -1.23. The summed E-state index contributed by atoms with van der Waals surface area (Å²) < 4.78 is 39.6. The molecule has 1 saturated heterocycles. The number of nitrogens with zero attached hydrogens (tertiary/aromatic N) is 1. The molecule has 1 aromatic rings. The third-order valence-electron chi connectivity index (χ3n) is 4.90. The zero-order valence-corrected chi connectivity index (χ0v) is 12.0. The summed E-state index contributed by atoms with van der Waals surface area (Å²) in [7, 11) is 0. The fourth-order valence-corrected chi connectivity index (χ4v) is 3.84. The molecular weight excluding hydrogens is 277 g/mol. The van der Waals surface area contributed by atoms with Crippen molar-refractivity contribution < 1.29 is 13.2 Å². The quantitative estimate of drug-likeness (QED) is 0.926. The second-order valence-electron chi connectivity index (χ2n) is 6.23. The van der Waals surface area contributed by atoms with Gasteiger partial charge < -0.3 is 10.6 Å². The van der Waals surface area contributed by atoms with E-state index in [4.69, 9.17) is 5.73 Å². The van der Waals surface area contributed by atoms with Crippen molar-refractivity contribution in [3.8, 4) is 0 Å². The molecule has 5 heteroatoms. The minimum atomic E-state index is -4.31. The van der Waals surface area contributed by atoms with Gasteiger partial charge in [0.05, 0.1) is 5.56 Å². The molecule has 0 bridgehead atoms. The van der Waals surface area contributed by atoms with Gasteiger partial charge in [-0.1, -0.05) is 12.5 Å². The Bertz CT molecular complexity index is 501. The lowest BCUT2D eigenvalue weighted by atomic mass is 10.0. The van der Waals surface area contributed by atoms with Crippen LogP contribution in [-0.4, -0.2) is 19.6 Å². The number of benzene rings is 1. The Kier molecular flexibility index (Phi) is 3.86. The van der Waals surface area contributed by atoms with E-state index in [0.29, 0.717) is 23.1 Å². The van der Waals surface area contributed by atoms with E-state index in [1.807, 2.05) is 6.07 Å². The van der Waals surface area contributed by atoms with Gasteiger partial charge in [-0.2, -0.15) is 13.2 Å². The van der Waals surface area contributed by atoms with Crippen molar-refractivity contribution in [1.82, 2.24) is 0 Å². The second-order valence-corrected chi connectivity index (χ2v) is 6.23. The predicted octanol–water partition coefficient (Wildman–Crippen LogP) is 3.44. The van der Waals surface area contributed by atoms with Crippen LogP contribution in [0, 0.1) is 11.8 Å². The van der Waals surface area contributed by atoms with Crippen LogP contribution in [0.25, 0.3) is 0 Å². The Morgan fingerprint density at radius 2 is 1.81 bits per heavy atom. The molecule has 1 aliphatic carbocycles. The molecule has 2 fully saturated rings. The number of hydrogen-bond acceptors (Lipinski definition) is 2. The normalized spacial score (nSPS) is 25.4. The first kappa shape index (κ1) is 14.7. The van der Waals surface area contributed by atoms with E-state index in [0.717, 1.165) is 13.1 Å². The summed E-state index contributed by atoms with van der Waals surface area (Å²) in [4.78, 5) is 2.12. The topological polar surface area (TPSA) is 29.3 Å². The molecule has 0 amide bonds. The largest absolute Gasteiger partial charge is 0.416 e. The Morgan fingerprint density at radius 3 is 2.38 bits per heavy atom. The van der Waals surface area contributed by atoms with Crippen molar-refractivity contribution in [3.05, 3.63) is 29.3 Å². The van der Waals surface area contributed by atoms with Crippen LogP contribution in [0.15, 0.2) is 18.2 Å². The van der Waals surface area contributed by atoms with Gasteiger partial charge in [-0.25, -0.2) is 0 Å². The van der Waals surface area contributed by atoms with Gasteiger partial charge in [0.2, 0.25) is 0 Å². The highest BCUT2D eigenvalue weighted by Crippen LogP contribution is 2.41. The number of fused-ring (bicyclic) bond motifs is 1. The van der Waals surface area contributed by atoms with E-state index in [1.165, 1.54) is 25.3 Å². The summed E-state index contributed by atoms with van der Waals surface area (Å²) in [6, 6.07) is 4.73. The summed E-state index contributed by atoms with van der Waals surface area (Å²) in [6.45, 7) is 2.03. The molecule has 2 aliphatic rings. The minimum Gasteiger partial charge on any atom is -0.371 e. The Balaban J connectivity index is 1.86. The van der Waals surface area contributed by atoms with E-state index in [1.54, 1.807) is 6.07 Å². The molecule has 0 radical (unpaired) electrons. The maximum atomic E-state index is 13.2. The van der Waals surface area contributed by atoms with Gasteiger partial charge in [-0.15, -0.1) is 0 Å². The van der Waals surface area contributed by atoms with Crippen molar-refractivity contribution in [2.45, 2.75) is 31.9 Å². The molecule has 3 rings (SSSR count). The molecule has 2 N–H and O–H groups in total. The maximum Gasteiger partial charge on any atom is 0.416 e. The minimum absolute atomic E-state index is 0.232. The van der Waals surface area contributed by atoms with Crippen LogP contribution >= 0.6 is 0 Å².